The Bertz CT molecular complexity index is 1370. The highest BCUT2D eigenvalue weighted by Crippen LogP contribution is 2.49. The molecule has 2 amide bonds. The summed E-state index contributed by atoms with van der Waals surface area (Å²) in [5.41, 5.74) is 2.00. The van der Waals surface area contributed by atoms with Gasteiger partial charge in [0.15, 0.2) is 0 Å². The van der Waals surface area contributed by atoms with Crippen molar-refractivity contribution in [3.05, 3.63) is 77.4 Å². The Hall–Kier alpha value is -3.37. The Morgan fingerprint density at radius 2 is 1.71 bits per heavy atom. The first-order chi connectivity index (χ1) is 15.9. The molecule has 4 rings (SSSR count). The topological polar surface area (TPSA) is 101 Å². The molecular formula is C24H22F3N3O3S. The minimum atomic E-state index is -4.56. The van der Waals surface area contributed by atoms with Crippen molar-refractivity contribution in [1.82, 2.24) is 0 Å². The van der Waals surface area contributed by atoms with Gasteiger partial charge in [-0.15, -0.1) is 0 Å². The minimum Gasteiger partial charge on any atom is -0.308 e. The van der Waals surface area contributed by atoms with Crippen LogP contribution in [0.5, 0.6) is 0 Å². The van der Waals surface area contributed by atoms with Gasteiger partial charge < -0.3 is 10.6 Å². The molecule has 0 heterocycles. The van der Waals surface area contributed by atoms with E-state index in [1.54, 1.807) is 6.07 Å². The largest absolute Gasteiger partial charge is 0.416 e. The molecule has 0 bridgehead atoms. The number of nitrogens with one attached hydrogen (secondary N) is 2. The van der Waals surface area contributed by atoms with E-state index in [1.165, 1.54) is 18.2 Å². The van der Waals surface area contributed by atoms with Gasteiger partial charge in [0.25, 0.3) is 0 Å². The Morgan fingerprint density at radius 1 is 1.00 bits per heavy atom. The second-order valence-corrected chi connectivity index (χ2v) is 9.78. The lowest BCUT2D eigenvalue weighted by Crippen LogP contribution is -2.23. The van der Waals surface area contributed by atoms with E-state index in [2.05, 4.69) is 10.6 Å². The predicted molar refractivity (Wildman–Crippen MR) is 124 cm³/mol. The van der Waals surface area contributed by atoms with Gasteiger partial charge in [0.1, 0.15) is 0 Å². The summed E-state index contributed by atoms with van der Waals surface area (Å²) in [6.07, 6.45) is -3.11. The molecule has 0 aromatic heterocycles. The maximum atomic E-state index is 13.0. The molecule has 1 saturated carbocycles. The zero-order chi connectivity index (χ0) is 24.7. The third-order valence-electron chi connectivity index (χ3n) is 5.51. The van der Waals surface area contributed by atoms with Crippen molar-refractivity contribution in [2.24, 2.45) is 5.14 Å². The maximum Gasteiger partial charge on any atom is 0.416 e. The summed E-state index contributed by atoms with van der Waals surface area (Å²) >= 11 is 0. The SMILES string of the molecule is Cc1cccc(-c2ccc(S(N)(=O)=O)c(C3CC3)c2NC(=O)Nc2cccc(C(F)(F)F)c2)c1. The summed E-state index contributed by atoms with van der Waals surface area (Å²) < 4.78 is 63.7. The number of urea groups is 1. The van der Waals surface area contributed by atoms with E-state index < -0.39 is 27.8 Å². The van der Waals surface area contributed by atoms with E-state index in [-0.39, 0.29) is 22.2 Å². The van der Waals surface area contributed by atoms with Crippen molar-refractivity contribution in [3.8, 4) is 11.1 Å². The Balaban J connectivity index is 1.77. The average Bonchev–Trinajstić information content (AvgIpc) is 3.57. The van der Waals surface area contributed by atoms with Crippen LogP contribution in [0, 0.1) is 6.92 Å². The summed E-state index contributed by atoms with van der Waals surface area (Å²) in [5.74, 6) is -0.109. The highest BCUT2D eigenvalue weighted by atomic mass is 32.2. The molecule has 4 N–H and O–H groups in total. The first kappa shape index (κ1) is 23.8. The second kappa shape index (κ2) is 8.77. The molecule has 6 nitrogen and oxygen atoms in total. The molecule has 0 radical (unpaired) electrons. The van der Waals surface area contributed by atoms with Crippen LogP contribution in [0.15, 0.2) is 65.6 Å². The van der Waals surface area contributed by atoms with E-state index >= 15 is 0 Å². The van der Waals surface area contributed by atoms with Crippen LogP contribution in [0.4, 0.5) is 29.3 Å². The number of halogens is 3. The van der Waals surface area contributed by atoms with Crippen molar-refractivity contribution >= 4 is 27.4 Å². The number of amides is 2. The first-order valence-electron chi connectivity index (χ1n) is 10.5. The number of benzene rings is 3. The van der Waals surface area contributed by atoms with Gasteiger partial charge in [-0.3, -0.25) is 0 Å². The number of primary sulfonamides is 1. The molecule has 0 atom stereocenters. The number of carbonyl (C=O) groups is 1. The Morgan fingerprint density at radius 3 is 2.32 bits per heavy atom. The van der Waals surface area contributed by atoms with Gasteiger partial charge in [-0.1, -0.05) is 42.0 Å². The number of alkyl halides is 3. The van der Waals surface area contributed by atoms with Gasteiger partial charge in [-0.2, -0.15) is 13.2 Å². The summed E-state index contributed by atoms with van der Waals surface area (Å²) in [7, 11) is -4.08. The summed E-state index contributed by atoms with van der Waals surface area (Å²) in [6.45, 7) is 1.90. The molecule has 0 unspecified atom stereocenters. The molecule has 0 saturated heterocycles. The van der Waals surface area contributed by atoms with Crippen LogP contribution in [0.25, 0.3) is 11.1 Å². The number of sulfonamides is 1. The van der Waals surface area contributed by atoms with E-state index in [9.17, 15) is 26.4 Å². The fourth-order valence-electron chi connectivity index (χ4n) is 3.86. The van der Waals surface area contributed by atoms with E-state index in [0.717, 1.165) is 36.1 Å². The second-order valence-electron chi connectivity index (χ2n) is 8.25. The quantitative estimate of drug-likeness (QED) is 0.419. The number of hydrogen-bond acceptors (Lipinski definition) is 3. The third kappa shape index (κ3) is 5.23. The molecule has 3 aromatic rings. The molecule has 0 aliphatic heterocycles. The average molecular weight is 490 g/mol. The number of rotatable bonds is 5. The fourth-order valence-corrected chi connectivity index (χ4v) is 4.70. The van der Waals surface area contributed by atoms with Crippen LogP contribution in [-0.2, 0) is 16.2 Å². The van der Waals surface area contributed by atoms with Crippen LogP contribution in [0.3, 0.4) is 0 Å². The molecule has 10 heteroatoms. The zero-order valence-corrected chi connectivity index (χ0v) is 18.9. The Labute approximate surface area is 195 Å². The highest BCUT2D eigenvalue weighted by Gasteiger charge is 2.34. The molecular weight excluding hydrogens is 467 g/mol. The van der Waals surface area contributed by atoms with Gasteiger partial charge in [0.05, 0.1) is 16.1 Å². The van der Waals surface area contributed by atoms with Gasteiger partial charge in [-0.05, 0) is 61.1 Å². The molecule has 0 spiro atoms. The number of anilines is 2. The summed E-state index contributed by atoms with van der Waals surface area (Å²) in [6, 6.07) is 13.9. The minimum absolute atomic E-state index is 0.0556. The molecule has 1 aliphatic rings. The van der Waals surface area contributed by atoms with Crippen LogP contribution in [-0.4, -0.2) is 14.4 Å². The van der Waals surface area contributed by atoms with Gasteiger partial charge in [0.2, 0.25) is 10.0 Å². The molecule has 3 aromatic carbocycles. The Kier molecular flexibility index (Phi) is 6.13. The van der Waals surface area contributed by atoms with Crippen molar-refractivity contribution < 1.29 is 26.4 Å². The van der Waals surface area contributed by atoms with E-state index in [1.807, 2.05) is 31.2 Å². The predicted octanol–water partition coefficient (Wildman–Crippen LogP) is 5.85. The highest BCUT2D eigenvalue weighted by molar-refractivity contribution is 7.89. The van der Waals surface area contributed by atoms with Gasteiger partial charge >= 0.3 is 12.2 Å². The number of carbonyl (C=O) groups excluding carboxylic acids is 1. The molecule has 1 fully saturated rings. The fraction of sp³-hybridized carbons (Fsp3) is 0.208. The van der Waals surface area contributed by atoms with Crippen LogP contribution in [0.1, 0.15) is 35.4 Å². The maximum absolute atomic E-state index is 13.0. The van der Waals surface area contributed by atoms with Gasteiger partial charge in [-0.25, -0.2) is 18.4 Å². The summed E-state index contributed by atoms with van der Waals surface area (Å²) in [5, 5.41) is 10.5. The van der Waals surface area contributed by atoms with Crippen molar-refractivity contribution in [1.29, 1.82) is 0 Å². The van der Waals surface area contributed by atoms with Gasteiger partial charge in [0, 0.05) is 11.3 Å². The van der Waals surface area contributed by atoms with Crippen LogP contribution < -0.4 is 15.8 Å². The zero-order valence-electron chi connectivity index (χ0n) is 18.1. The normalized spacial score (nSPS) is 14.0. The van der Waals surface area contributed by atoms with Crippen LogP contribution >= 0.6 is 0 Å². The van der Waals surface area contributed by atoms with E-state index in [4.69, 9.17) is 5.14 Å². The lowest BCUT2D eigenvalue weighted by molar-refractivity contribution is -0.137. The lowest BCUT2D eigenvalue weighted by atomic mass is 9.96. The number of hydrogen-bond donors (Lipinski definition) is 3. The lowest BCUT2D eigenvalue weighted by Gasteiger charge is -2.20. The smallest absolute Gasteiger partial charge is 0.308 e. The number of nitrogens with two attached hydrogens (primary N) is 1. The van der Waals surface area contributed by atoms with Crippen molar-refractivity contribution in [2.45, 2.75) is 36.8 Å². The number of aryl methyl sites for hydroxylation is 1. The van der Waals surface area contributed by atoms with Crippen LogP contribution in [0.2, 0.25) is 0 Å². The third-order valence-corrected chi connectivity index (χ3v) is 6.48. The van der Waals surface area contributed by atoms with Crippen molar-refractivity contribution in [2.75, 3.05) is 10.6 Å². The molecule has 34 heavy (non-hydrogen) atoms. The van der Waals surface area contributed by atoms with E-state index in [0.29, 0.717) is 11.1 Å². The monoisotopic (exact) mass is 489 g/mol. The molecule has 1 aliphatic carbocycles. The van der Waals surface area contributed by atoms with Crippen molar-refractivity contribution in [3.63, 3.8) is 0 Å². The standard InChI is InChI=1S/C24H22F3N3O3S/c1-14-4-2-5-16(12-14)19-10-11-20(34(28,32)33)21(15-8-9-15)22(19)30-23(31)29-18-7-3-6-17(13-18)24(25,26)27/h2-7,10-13,15H,8-9H2,1H3,(H2,28,32,33)(H2,29,30,31). The first-order valence-corrected chi connectivity index (χ1v) is 12.0. The molecule has 178 valence electrons. The summed E-state index contributed by atoms with van der Waals surface area (Å²) in [4.78, 5) is 12.8.